The molecule has 5 heteroatoms. The number of aromatic nitrogens is 2. The third-order valence-corrected chi connectivity index (χ3v) is 1.59. The Morgan fingerprint density at radius 2 is 2.58 bits per heavy atom. The normalized spacial score (nSPS) is 9.83. The monoisotopic (exact) mass is 188 g/mol. The van der Waals surface area contributed by atoms with E-state index in [1.165, 1.54) is 6.20 Å². The molecule has 0 aliphatic carbocycles. The molecular formula is C7H9ClN2O2. The van der Waals surface area contributed by atoms with Crippen LogP contribution < -0.4 is 0 Å². The fraction of sp³-hybridized carbons (Fsp3) is 0.429. The van der Waals surface area contributed by atoms with Crippen molar-refractivity contribution in [2.24, 2.45) is 0 Å². The van der Waals surface area contributed by atoms with Gasteiger partial charge in [0.1, 0.15) is 5.56 Å². The molecule has 1 aromatic heterocycles. The molecule has 0 aliphatic rings. The number of alkyl halides is 1. The summed E-state index contributed by atoms with van der Waals surface area (Å²) in [5.74, 6) is -0.181. The lowest BCUT2D eigenvalue weighted by atomic mass is 10.3. The van der Waals surface area contributed by atoms with Crippen molar-refractivity contribution in [1.82, 2.24) is 10.2 Å². The van der Waals surface area contributed by atoms with E-state index in [2.05, 4.69) is 10.2 Å². The van der Waals surface area contributed by atoms with Crippen LogP contribution in [0.2, 0.25) is 0 Å². The standard InChI is InChI=1S/C7H9ClN2O2/c1-2-12-7(11)5-4-9-10-6(5)3-8/h4H,2-3H2,1H3,(H,9,10). The average Bonchev–Trinajstić information content (AvgIpc) is 2.51. The minimum Gasteiger partial charge on any atom is -0.462 e. The van der Waals surface area contributed by atoms with Gasteiger partial charge in [0.15, 0.2) is 0 Å². The number of H-pyrrole nitrogens is 1. The van der Waals surface area contributed by atoms with Crippen LogP contribution in [0.5, 0.6) is 0 Å². The summed E-state index contributed by atoms with van der Waals surface area (Å²) in [5.41, 5.74) is 0.932. The molecule has 0 radical (unpaired) electrons. The van der Waals surface area contributed by atoms with Gasteiger partial charge in [-0.1, -0.05) is 0 Å². The predicted molar refractivity (Wildman–Crippen MR) is 44.1 cm³/mol. The molecule has 0 saturated heterocycles. The highest BCUT2D eigenvalue weighted by atomic mass is 35.5. The van der Waals surface area contributed by atoms with Gasteiger partial charge in [-0.25, -0.2) is 4.79 Å². The van der Waals surface area contributed by atoms with E-state index in [1.807, 2.05) is 0 Å². The number of carbonyl (C=O) groups is 1. The Hall–Kier alpha value is -1.03. The number of carbonyl (C=O) groups excluding carboxylic acids is 1. The molecular weight excluding hydrogens is 180 g/mol. The van der Waals surface area contributed by atoms with E-state index in [0.717, 1.165) is 0 Å². The lowest BCUT2D eigenvalue weighted by Gasteiger charge is -1.98. The Labute approximate surface area is 74.9 Å². The molecule has 12 heavy (non-hydrogen) atoms. The summed E-state index contributed by atoms with van der Waals surface area (Å²) in [7, 11) is 0. The van der Waals surface area contributed by atoms with Crippen LogP contribution in [-0.2, 0) is 10.6 Å². The van der Waals surface area contributed by atoms with Crippen LogP contribution in [-0.4, -0.2) is 22.8 Å². The maximum atomic E-state index is 11.1. The summed E-state index contributed by atoms with van der Waals surface area (Å²) in [6, 6.07) is 0. The Kier molecular flexibility index (Phi) is 3.10. The molecule has 0 bridgehead atoms. The van der Waals surface area contributed by atoms with Crippen molar-refractivity contribution in [3.05, 3.63) is 17.5 Å². The highest BCUT2D eigenvalue weighted by Gasteiger charge is 2.13. The number of hydrogen-bond donors (Lipinski definition) is 1. The molecule has 0 aromatic carbocycles. The Morgan fingerprint density at radius 3 is 3.17 bits per heavy atom. The predicted octanol–water partition coefficient (Wildman–Crippen LogP) is 1.33. The van der Waals surface area contributed by atoms with Crippen LogP contribution in [0.15, 0.2) is 6.20 Å². The SMILES string of the molecule is CCOC(=O)c1c[nH]nc1CCl. The van der Waals surface area contributed by atoms with Gasteiger partial charge in [-0.05, 0) is 6.92 Å². The lowest BCUT2D eigenvalue weighted by molar-refractivity contribution is 0.0525. The number of hydrogen-bond acceptors (Lipinski definition) is 3. The number of rotatable bonds is 3. The smallest absolute Gasteiger partial charge is 0.341 e. The van der Waals surface area contributed by atoms with Crippen LogP contribution in [0, 0.1) is 0 Å². The Bertz CT molecular complexity index is 272. The molecule has 1 N–H and O–H groups in total. The van der Waals surface area contributed by atoms with Crippen molar-refractivity contribution >= 4 is 17.6 Å². The van der Waals surface area contributed by atoms with Crippen molar-refractivity contribution < 1.29 is 9.53 Å². The molecule has 0 unspecified atom stereocenters. The van der Waals surface area contributed by atoms with E-state index in [0.29, 0.717) is 17.9 Å². The van der Waals surface area contributed by atoms with Crippen molar-refractivity contribution in [2.45, 2.75) is 12.8 Å². The second-order valence-corrected chi connectivity index (χ2v) is 2.37. The lowest BCUT2D eigenvalue weighted by Crippen LogP contribution is -2.05. The molecule has 0 spiro atoms. The number of esters is 1. The van der Waals surface area contributed by atoms with Crippen molar-refractivity contribution in [1.29, 1.82) is 0 Å². The molecule has 0 amide bonds. The highest BCUT2D eigenvalue weighted by molar-refractivity contribution is 6.17. The van der Waals surface area contributed by atoms with Crippen LogP contribution in [0.3, 0.4) is 0 Å². The first-order chi connectivity index (χ1) is 5.79. The Morgan fingerprint density at radius 1 is 1.83 bits per heavy atom. The van der Waals surface area contributed by atoms with Crippen LogP contribution in [0.4, 0.5) is 0 Å². The summed E-state index contributed by atoms with van der Waals surface area (Å²) in [6.07, 6.45) is 1.48. The molecule has 1 aromatic rings. The minimum absolute atomic E-state index is 0.206. The zero-order chi connectivity index (χ0) is 8.97. The maximum Gasteiger partial charge on any atom is 0.341 e. The van der Waals surface area contributed by atoms with Gasteiger partial charge < -0.3 is 4.74 Å². The van der Waals surface area contributed by atoms with E-state index in [9.17, 15) is 4.79 Å². The zero-order valence-electron chi connectivity index (χ0n) is 6.63. The number of aromatic amines is 1. The second kappa shape index (κ2) is 4.11. The fourth-order valence-corrected chi connectivity index (χ4v) is 1.01. The largest absolute Gasteiger partial charge is 0.462 e. The molecule has 0 aliphatic heterocycles. The topological polar surface area (TPSA) is 55.0 Å². The number of halogens is 1. The first-order valence-electron chi connectivity index (χ1n) is 3.55. The number of nitrogens with zero attached hydrogens (tertiary/aromatic N) is 1. The van der Waals surface area contributed by atoms with E-state index in [4.69, 9.17) is 16.3 Å². The third kappa shape index (κ3) is 1.76. The van der Waals surface area contributed by atoms with E-state index >= 15 is 0 Å². The first kappa shape index (κ1) is 9.06. The van der Waals surface area contributed by atoms with Gasteiger partial charge >= 0.3 is 5.97 Å². The second-order valence-electron chi connectivity index (χ2n) is 2.10. The molecule has 66 valence electrons. The fourth-order valence-electron chi connectivity index (χ4n) is 0.806. The highest BCUT2D eigenvalue weighted by Crippen LogP contribution is 2.08. The minimum atomic E-state index is -0.387. The van der Waals surface area contributed by atoms with Crippen molar-refractivity contribution in [3.63, 3.8) is 0 Å². The van der Waals surface area contributed by atoms with Crippen LogP contribution in [0.25, 0.3) is 0 Å². The van der Waals surface area contributed by atoms with E-state index < -0.39 is 0 Å². The molecule has 0 atom stereocenters. The summed E-state index contributed by atoms with van der Waals surface area (Å²) >= 11 is 5.53. The van der Waals surface area contributed by atoms with Gasteiger partial charge in [-0.2, -0.15) is 5.10 Å². The summed E-state index contributed by atoms with van der Waals surface area (Å²) < 4.78 is 4.77. The molecule has 4 nitrogen and oxygen atoms in total. The van der Waals surface area contributed by atoms with Gasteiger partial charge in [0.05, 0.1) is 18.2 Å². The Balaban J connectivity index is 2.79. The van der Waals surface area contributed by atoms with Crippen molar-refractivity contribution in [3.8, 4) is 0 Å². The van der Waals surface area contributed by atoms with Gasteiger partial charge in [0.2, 0.25) is 0 Å². The first-order valence-corrected chi connectivity index (χ1v) is 4.08. The van der Waals surface area contributed by atoms with E-state index in [1.54, 1.807) is 6.92 Å². The number of nitrogens with one attached hydrogen (secondary N) is 1. The third-order valence-electron chi connectivity index (χ3n) is 1.34. The van der Waals surface area contributed by atoms with Gasteiger partial charge in [-0.15, -0.1) is 11.6 Å². The van der Waals surface area contributed by atoms with E-state index in [-0.39, 0.29) is 11.8 Å². The summed E-state index contributed by atoms with van der Waals surface area (Å²) in [6.45, 7) is 2.10. The van der Waals surface area contributed by atoms with Crippen LogP contribution in [0.1, 0.15) is 23.0 Å². The summed E-state index contributed by atoms with van der Waals surface area (Å²) in [5, 5.41) is 6.33. The molecule has 0 saturated carbocycles. The van der Waals surface area contributed by atoms with Gasteiger partial charge in [-0.3, -0.25) is 5.10 Å². The molecule has 0 fully saturated rings. The maximum absolute atomic E-state index is 11.1. The quantitative estimate of drug-likeness (QED) is 0.575. The van der Waals surface area contributed by atoms with Crippen molar-refractivity contribution in [2.75, 3.05) is 6.61 Å². The molecule has 1 rings (SSSR count). The van der Waals surface area contributed by atoms with Gasteiger partial charge in [0, 0.05) is 6.20 Å². The van der Waals surface area contributed by atoms with Gasteiger partial charge in [0.25, 0.3) is 0 Å². The summed E-state index contributed by atoms with van der Waals surface area (Å²) in [4.78, 5) is 11.1. The number of ether oxygens (including phenoxy) is 1. The molecule has 1 heterocycles. The average molecular weight is 189 g/mol. The van der Waals surface area contributed by atoms with Crippen LogP contribution >= 0.6 is 11.6 Å². The zero-order valence-corrected chi connectivity index (χ0v) is 7.39.